The van der Waals surface area contributed by atoms with Gasteiger partial charge in [-0.25, -0.2) is 0 Å². The van der Waals surface area contributed by atoms with Crippen molar-refractivity contribution in [1.82, 2.24) is 10.2 Å². The first kappa shape index (κ1) is 15.4. The van der Waals surface area contributed by atoms with Crippen LogP contribution in [0.1, 0.15) is 47.0 Å². The van der Waals surface area contributed by atoms with Crippen molar-refractivity contribution < 1.29 is 4.79 Å². The van der Waals surface area contributed by atoms with Gasteiger partial charge in [0.25, 0.3) is 0 Å². The summed E-state index contributed by atoms with van der Waals surface area (Å²) in [5, 5.41) is 3.51. The Morgan fingerprint density at radius 1 is 1.44 bits per heavy atom. The summed E-state index contributed by atoms with van der Waals surface area (Å²) in [5.74, 6) is -0.0328. The van der Waals surface area contributed by atoms with Gasteiger partial charge in [0.2, 0.25) is 5.91 Å². The van der Waals surface area contributed by atoms with Crippen LogP contribution in [0.5, 0.6) is 0 Å². The number of rotatable bonds is 5. The monoisotopic (exact) mass is 255 g/mol. The molecule has 0 aliphatic carbocycles. The number of hydrogen-bond donors (Lipinski definition) is 2. The van der Waals surface area contributed by atoms with Crippen molar-refractivity contribution in [1.29, 1.82) is 0 Å². The van der Waals surface area contributed by atoms with Gasteiger partial charge in [-0.1, -0.05) is 20.8 Å². The lowest BCUT2D eigenvalue weighted by Gasteiger charge is -2.35. The third-order valence-corrected chi connectivity index (χ3v) is 4.44. The number of nitrogens with zero attached hydrogens (tertiary/aromatic N) is 1. The number of amides is 1. The van der Waals surface area contributed by atoms with Crippen LogP contribution in [0.2, 0.25) is 0 Å². The molecule has 1 heterocycles. The summed E-state index contributed by atoms with van der Waals surface area (Å²) in [6.45, 7) is 11.6. The summed E-state index contributed by atoms with van der Waals surface area (Å²) < 4.78 is 0. The summed E-state index contributed by atoms with van der Waals surface area (Å²) in [4.78, 5) is 14.2. The molecule has 1 amide bonds. The van der Waals surface area contributed by atoms with Gasteiger partial charge in [-0.2, -0.15) is 0 Å². The fourth-order valence-corrected chi connectivity index (χ4v) is 2.56. The van der Waals surface area contributed by atoms with Crippen molar-refractivity contribution in [3.05, 3.63) is 0 Å². The fraction of sp³-hybridized carbons (Fsp3) is 0.929. The molecular formula is C14H29N3O. The molecule has 18 heavy (non-hydrogen) atoms. The molecule has 106 valence electrons. The maximum absolute atomic E-state index is 11.7. The van der Waals surface area contributed by atoms with E-state index in [1.54, 1.807) is 0 Å². The third kappa shape index (κ3) is 3.69. The predicted octanol–water partition coefficient (Wildman–Crippen LogP) is 1.35. The highest BCUT2D eigenvalue weighted by Crippen LogP contribution is 2.20. The van der Waals surface area contributed by atoms with Gasteiger partial charge in [0, 0.05) is 6.04 Å². The SMILES string of the molecule is CCN1CCCC(NC(C)(C(N)=O)C(C)C)CC1. The lowest BCUT2D eigenvalue weighted by Crippen LogP contribution is -2.60. The molecule has 3 N–H and O–H groups in total. The molecule has 0 aromatic rings. The van der Waals surface area contributed by atoms with Crippen LogP contribution < -0.4 is 11.1 Å². The zero-order chi connectivity index (χ0) is 13.8. The highest BCUT2D eigenvalue weighted by molar-refractivity contribution is 5.84. The van der Waals surface area contributed by atoms with E-state index < -0.39 is 5.54 Å². The number of nitrogens with one attached hydrogen (secondary N) is 1. The Hall–Kier alpha value is -0.610. The van der Waals surface area contributed by atoms with Crippen LogP contribution in [-0.2, 0) is 4.79 Å². The average Bonchev–Trinajstić information content (AvgIpc) is 2.53. The second-order valence-corrected chi connectivity index (χ2v) is 5.93. The van der Waals surface area contributed by atoms with Crippen LogP contribution in [0.3, 0.4) is 0 Å². The molecule has 1 rings (SSSR count). The van der Waals surface area contributed by atoms with E-state index in [9.17, 15) is 4.79 Å². The molecule has 0 aromatic heterocycles. The zero-order valence-corrected chi connectivity index (χ0v) is 12.3. The molecule has 4 nitrogen and oxygen atoms in total. The molecule has 0 saturated carbocycles. The average molecular weight is 255 g/mol. The second kappa shape index (κ2) is 6.53. The summed E-state index contributed by atoms with van der Waals surface area (Å²) >= 11 is 0. The van der Waals surface area contributed by atoms with E-state index in [-0.39, 0.29) is 11.8 Å². The first-order valence-electron chi connectivity index (χ1n) is 7.20. The lowest BCUT2D eigenvalue weighted by molar-refractivity contribution is -0.125. The summed E-state index contributed by atoms with van der Waals surface area (Å²) in [7, 11) is 0. The molecule has 1 fully saturated rings. The lowest BCUT2D eigenvalue weighted by atomic mass is 9.86. The topological polar surface area (TPSA) is 58.4 Å². The van der Waals surface area contributed by atoms with Gasteiger partial charge in [-0.3, -0.25) is 4.79 Å². The molecule has 0 spiro atoms. The largest absolute Gasteiger partial charge is 0.368 e. The Bertz CT molecular complexity index is 280. The van der Waals surface area contributed by atoms with Crippen molar-refractivity contribution in [2.24, 2.45) is 11.7 Å². The van der Waals surface area contributed by atoms with E-state index in [1.165, 1.54) is 13.0 Å². The minimum Gasteiger partial charge on any atom is -0.368 e. The molecule has 2 unspecified atom stereocenters. The normalized spacial score (nSPS) is 25.7. The Labute approximate surface area is 111 Å². The van der Waals surface area contributed by atoms with Gasteiger partial charge < -0.3 is 16.0 Å². The first-order chi connectivity index (χ1) is 8.40. The number of carbonyl (C=O) groups excluding carboxylic acids is 1. The van der Waals surface area contributed by atoms with Crippen molar-refractivity contribution in [2.45, 2.75) is 58.5 Å². The minimum absolute atomic E-state index is 0.209. The maximum atomic E-state index is 11.7. The molecular weight excluding hydrogens is 226 g/mol. The minimum atomic E-state index is -0.591. The predicted molar refractivity (Wildman–Crippen MR) is 75.3 cm³/mol. The van der Waals surface area contributed by atoms with E-state index in [0.717, 1.165) is 25.9 Å². The maximum Gasteiger partial charge on any atom is 0.237 e. The van der Waals surface area contributed by atoms with Gasteiger partial charge in [-0.15, -0.1) is 0 Å². The quantitative estimate of drug-likeness (QED) is 0.779. The van der Waals surface area contributed by atoms with E-state index >= 15 is 0 Å². The summed E-state index contributed by atoms with van der Waals surface area (Å²) in [6.07, 6.45) is 3.42. The van der Waals surface area contributed by atoms with E-state index in [0.29, 0.717) is 6.04 Å². The van der Waals surface area contributed by atoms with Crippen molar-refractivity contribution in [3.8, 4) is 0 Å². The summed E-state index contributed by atoms with van der Waals surface area (Å²) in [5.41, 5.74) is 4.98. The molecule has 0 radical (unpaired) electrons. The van der Waals surface area contributed by atoms with Gasteiger partial charge >= 0.3 is 0 Å². The van der Waals surface area contributed by atoms with Crippen molar-refractivity contribution >= 4 is 5.91 Å². The molecule has 1 aliphatic heterocycles. The Morgan fingerprint density at radius 3 is 2.61 bits per heavy atom. The van der Waals surface area contributed by atoms with Crippen molar-refractivity contribution in [2.75, 3.05) is 19.6 Å². The van der Waals surface area contributed by atoms with Crippen LogP contribution in [0.15, 0.2) is 0 Å². The third-order valence-electron chi connectivity index (χ3n) is 4.44. The van der Waals surface area contributed by atoms with Crippen LogP contribution in [0.4, 0.5) is 0 Å². The summed E-state index contributed by atoms with van der Waals surface area (Å²) in [6, 6.07) is 0.404. The Morgan fingerprint density at radius 2 is 2.11 bits per heavy atom. The molecule has 2 atom stereocenters. The molecule has 4 heteroatoms. The molecule has 1 aliphatic rings. The number of nitrogens with two attached hydrogens (primary N) is 1. The number of primary amides is 1. The standard InChI is InChI=1S/C14H29N3O/c1-5-17-9-6-7-12(8-10-17)16-14(4,11(2)3)13(15)18/h11-12,16H,5-10H2,1-4H3,(H2,15,18). The number of hydrogen-bond acceptors (Lipinski definition) is 3. The zero-order valence-electron chi connectivity index (χ0n) is 12.3. The number of carbonyl (C=O) groups is 1. The van der Waals surface area contributed by atoms with Crippen LogP contribution in [0, 0.1) is 5.92 Å². The Kier molecular flexibility index (Phi) is 5.60. The van der Waals surface area contributed by atoms with Gasteiger partial charge in [-0.05, 0) is 51.7 Å². The first-order valence-corrected chi connectivity index (χ1v) is 7.20. The van der Waals surface area contributed by atoms with Gasteiger partial charge in [0.05, 0.1) is 5.54 Å². The van der Waals surface area contributed by atoms with Crippen LogP contribution in [-0.4, -0.2) is 42.0 Å². The smallest absolute Gasteiger partial charge is 0.237 e. The number of likely N-dealkylation sites (tertiary alicyclic amines) is 1. The van der Waals surface area contributed by atoms with Gasteiger partial charge in [0.1, 0.15) is 0 Å². The van der Waals surface area contributed by atoms with Crippen LogP contribution in [0.25, 0.3) is 0 Å². The fourth-order valence-electron chi connectivity index (χ4n) is 2.56. The van der Waals surface area contributed by atoms with Gasteiger partial charge in [0.15, 0.2) is 0 Å². The molecule has 1 saturated heterocycles. The molecule has 0 aromatic carbocycles. The molecule has 0 bridgehead atoms. The van der Waals surface area contributed by atoms with E-state index in [2.05, 4.69) is 17.1 Å². The van der Waals surface area contributed by atoms with E-state index in [4.69, 9.17) is 5.73 Å². The highest BCUT2D eigenvalue weighted by atomic mass is 16.1. The van der Waals surface area contributed by atoms with E-state index in [1.807, 2.05) is 20.8 Å². The second-order valence-electron chi connectivity index (χ2n) is 5.93. The highest BCUT2D eigenvalue weighted by Gasteiger charge is 2.36. The Balaban J connectivity index is 2.62. The van der Waals surface area contributed by atoms with Crippen LogP contribution >= 0.6 is 0 Å². The van der Waals surface area contributed by atoms with Crippen molar-refractivity contribution in [3.63, 3.8) is 0 Å².